The van der Waals surface area contributed by atoms with Gasteiger partial charge < -0.3 is 14.4 Å². The van der Waals surface area contributed by atoms with E-state index in [0.29, 0.717) is 11.1 Å². The van der Waals surface area contributed by atoms with Crippen LogP contribution in [0.15, 0.2) is 0 Å². The average Bonchev–Trinajstić information content (AvgIpc) is 2.78. The van der Waals surface area contributed by atoms with Gasteiger partial charge in [0.15, 0.2) is 0 Å². The number of piperazine rings is 1. The van der Waals surface area contributed by atoms with Crippen molar-refractivity contribution in [3.63, 3.8) is 0 Å². The van der Waals surface area contributed by atoms with E-state index in [2.05, 4.69) is 77.0 Å². The van der Waals surface area contributed by atoms with Gasteiger partial charge in [-0.3, -0.25) is 14.7 Å². The summed E-state index contributed by atoms with van der Waals surface area (Å²) in [4.78, 5) is 21.1. The quantitative estimate of drug-likeness (QED) is 0.402. The molecule has 0 aromatic heterocycles. The van der Waals surface area contributed by atoms with E-state index in [-0.39, 0.29) is 11.6 Å². The predicted molar refractivity (Wildman–Crippen MR) is 156 cm³/mol. The summed E-state index contributed by atoms with van der Waals surface area (Å²) in [7, 11) is 0. The van der Waals surface area contributed by atoms with Gasteiger partial charge in [0, 0.05) is 55.9 Å². The second-order valence-corrected chi connectivity index (χ2v) is 14.6. The number of ether oxygens (including phenoxy) is 2. The Bertz CT molecular complexity index is 608. The molecular formula is C30H62N4O3. The van der Waals surface area contributed by atoms with Crippen LogP contribution in [-0.4, -0.2) is 113 Å². The van der Waals surface area contributed by atoms with E-state index in [1.807, 2.05) is 20.8 Å². The van der Waals surface area contributed by atoms with Gasteiger partial charge in [0.25, 0.3) is 0 Å². The van der Waals surface area contributed by atoms with Crippen molar-refractivity contribution < 1.29 is 14.3 Å². The highest BCUT2D eigenvalue weighted by atomic mass is 16.6. The van der Waals surface area contributed by atoms with Crippen LogP contribution in [0.3, 0.4) is 0 Å². The first-order valence-electron chi connectivity index (χ1n) is 14.6. The van der Waals surface area contributed by atoms with Gasteiger partial charge in [-0.1, -0.05) is 6.42 Å². The molecule has 0 saturated carbocycles. The maximum atomic E-state index is 11.9. The number of morpholine rings is 1. The molecule has 0 unspecified atom stereocenters. The predicted octanol–water partition coefficient (Wildman–Crippen LogP) is 5.73. The molecule has 3 aliphatic heterocycles. The Labute approximate surface area is 230 Å². The zero-order valence-corrected chi connectivity index (χ0v) is 26.7. The van der Waals surface area contributed by atoms with Crippen LogP contribution in [-0.2, 0) is 9.47 Å². The Morgan fingerprint density at radius 1 is 0.541 bits per heavy atom. The molecule has 7 nitrogen and oxygen atoms in total. The minimum atomic E-state index is -0.405. The average molecular weight is 527 g/mol. The highest BCUT2D eigenvalue weighted by molar-refractivity contribution is 5.68. The Morgan fingerprint density at radius 2 is 0.919 bits per heavy atom. The van der Waals surface area contributed by atoms with Crippen LogP contribution in [0.25, 0.3) is 0 Å². The molecule has 0 bridgehead atoms. The molecule has 220 valence electrons. The monoisotopic (exact) mass is 526 g/mol. The van der Waals surface area contributed by atoms with Crippen LogP contribution in [0, 0.1) is 0 Å². The SMILES string of the molecule is CC(C)(C)N1CCCCC1.CC(C)(C)N1CCOCC1.CC(C)(C)OC(=O)N1CCN(C(C)(C)C)CC1. The summed E-state index contributed by atoms with van der Waals surface area (Å²) in [6, 6.07) is 0. The Balaban J connectivity index is 0.000000294. The van der Waals surface area contributed by atoms with Crippen LogP contribution >= 0.6 is 0 Å². The van der Waals surface area contributed by atoms with E-state index < -0.39 is 5.60 Å². The van der Waals surface area contributed by atoms with Gasteiger partial charge in [-0.15, -0.1) is 0 Å². The molecule has 3 fully saturated rings. The summed E-state index contributed by atoms with van der Waals surface area (Å²) in [5, 5.41) is 0. The van der Waals surface area contributed by atoms with Gasteiger partial charge in [-0.25, -0.2) is 4.79 Å². The molecule has 0 atom stereocenters. The van der Waals surface area contributed by atoms with Gasteiger partial charge in [0.1, 0.15) is 5.60 Å². The van der Waals surface area contributed by atoms with E-state index in [1.165, 1.54) is 32.4 Å². The number of hydrogen-bond donors (Lipinski definition) is 0. The summed E-state index contributed by atoms with van der Waals surface area (Å²) >= 11 is 0. The first-order valence-corrected chi connectivity index (χ1v) is 14.6. The molecule has 7 heteroatoms. The number of amides is 1. The fourth-order valence-corrected chi connectivity index (χ4v) is 4.69. The fraction of sp³-hybridized carbons (Fsp3) is 0.967. The van der Waals surface area contributed by atoms with E-state index >= 15 is 0 Å². The molecule has 0 radical (unpaired) electrons. The highest BCUT2D eigenvalue weighted by Crippen LogP contribution is 2.19. The van der Waals surface area contributed by atoms with Gasteiger partial charge in [0.05, 0.1) is 13.2 Å². The van der Waals surface area contributed by atoms with Gasteiger partial charge in [-0.05, 0) is 109 Å². The second-order valence-electron chi connectivity index (χ2n) is 14.6. The molecule has 3 aliphatic rings. The maximum Gasteiger partial charge on any atom is 0.410 e. The fourth-order valence-electron chi connectivity index (χ4n) is 4.69. The Kier molecular flexibility index (Phi) is 13.4. The molecule has 0 aliphatic carbocycles. The first kappa shape index (κ1) is 34.1. The third kappa shape index (κ3) is 14.2. The van der Waals surface area contributed by atoms with Crippen molar-refractivity contribution in [3.8, 4) is 0 Å². The first-order chi connectivity index (χ1) is 16.8. The van der Waals surface area contributed by atoms with E-state index in [9.17, 15) is 4.79 Å². The zero-order valence-electron chi connectivity index (χ0n) is 26.7. The molecule has 3 saturated heterocycles. The minimum Gasteiger partial charge on any atom is -0.444 e. The number of carbonyl (C=O) groups excluding carboxylic acids is 1. The number of hydrogen-bond acceptors (Lipinski definition) is 6. The molecule has 0 N–H and O–H groups in total. The maximum absolute atomic E-state index is 11.9. The smallest absolute Gasteiger partial charge is 0.410 e. The lowest BCUT2D eigenvalue weighted by molar-refractivity contribution is -0.00389. The number of rotatable bonds is 0. The molecule has 3 rings (SSSR count). The summed E-state index contributed by atoms with van der Waals surface area (Å²) in [5.41, 5.74) is 0.502. The topological polar surface area (TPSA) is 48.5 Å². The minimum absolute atomic E-state index is 0.181. The van der Waals surface area contributed by atoms with Crippen LogP contribution in [0.5, 0.6) is 0 Å². The third-order valence-electron chi connectivity index (χ3n) is 7.14. The van der Waals surface area contributed by atoms with Crippen molar-refractivity contribution >= 4 is 6.09 Å². The van der Waals surface area contributed by atoms with Crippen LogP contribution < -0.4 is 0 Å². The zero-order chi connectivity index (χ0) is 28.5. The molecular weight excluding hydrogens is 464 g/mol. The lowest BCUT2D eigenvalue weighted by atomic mass is 10.0. The van der Waals surface area contributed by atoms with Gasteiger partial charge >= 0.3 is 6.09 Å². The summed E-state index contributed by atoms with van der Waals surface area (Å²) in [5.74, 6) is 0. The molecule has 3 heterocycles. The Hall–Kier alpha value is -0.890. The number of piperidine rings is 1. The van der Waals surface area contributed by atoms with E-state index in [1.54, 1.807) is 4.90 Å². The molecule has 0 spiro atoms. The lowest BCUT2D eigenvalue weighted by Gasteiger charge is -2.42. The normalized spacial score (nSPS) is 21.4. The van der Waals surface area contributed by atoms with Gasteiger partial charge in [-0.2, -0.15) is 0 Å². The van der Waals surface area contributed by atoms with Crippen molar-refractivity contribution in [2.45, 2.75) is 125 Å². The molecule has 37 heavy (non-hydrogen) atoms. The van der Waals surface area contributed by atoms with Crippen molar-refractivity contribution in [1.82, 2.24) is 19.6 Å². The van der Waals surface area contributed by atoms with Gasteiger partial charge in [0.2, 0.25) is 0 Å². The lowest BCUT2D eigenvalue weighted by Crippen LogP contribution is -2.55. The van der Waals surface area contributed by atoms with Crippen molar-refractivity contribution in [2.24, 2.45) is 0 Å². The number of nitrogens with zero attached hydrogens (tertiary/aromatic N) is 4. The van der Waals surface area contributed by atoms with Crippen LogP contribution in [0.2, 0.25) is 0 Å². The molecule has 0 aromatic rings. The number of carbonyl (C=O) groups is 1. The summed E-state index contributed by atoms with van der Waals surface area (Å²) in [6.07, 6.45) is 4.05. The van der Waals surface area contributed by atoms with E-state index in [0.717, 1.165) is 52.5 Å². The second kappa shape index (κ2) is 14.5. The summed E-state index contributed by atoms with van der Waals surface area (Å²) in [6.45, 7) is 35.9. The van der Waals surface area contributed by atoms with Crippen molar-refractivity contribution in [3.05, 3.63) is 0 Å². The molecule has 0 aromatic carbocycles. The largest absolute Gasteiger partial charge is 0.444 e. The Morgan fingerprint density at radius 3 is 1.24 bits per heavy atom. The highest BCUT2D eigenvalue weighted by Gasteiger charge is 2.30. The van der Waals surface area contributed by atoms with Crippen LogP contribution in [0.1, 0.15) is 102 Å². The van der Waals surface area contributed by atoms with Crippen molar-refractivity contribution in [1.29, 1.82) is 0 Å². The molecule has 1 amide bonds. The van der Waals surface area contributed by atoms with Crippen LogP contribution in [0.4, 0.5) is 4.79 Å². The standard InChI is InChI=1S/C13H26N2O2.C9H19N.C8H17NO/c1-12(2,3)15-9-7-14(8-10-15)11(16)17-13(4,5)6;1-9(2,3)10-7-5-4-6-8-10;1-8(2,3)9-4-6-10-7-5-9/h7-10H2,1-6H3;4-8H2,1-3H3;4-7H2,1-3H3. The summed E-state index contributed by atoms with van der Waals surface area (Å²) < 4.78 is 10.6. The van der Waals surface area contributed by atoms with E-state index in [4.69, 9.17) is 9.47 Å². The third-order valence-corrected chi connectivity index (χ3v) is 7.14. The van der Waals surface area contributed by atoms with Crippen molar-refractivity contribution in [2.75, 3.05) is 65.6 Å². The number of likely N-dealkylation sites (tertiary alicyclic amines) is 1.